The summed E-state index contributed by atoms with van der Waals surface area (Å²) in [6, 6.07) is 7.45. The van der Waals surface area contributed by atoms with Gasteiger partial charge in [-0.15, -0.1) is 11.3 Å². The molecule has 0 aliphatic rings. The lowest BCUT2D eigenvalue weighted by atomic mass is 10.2. The molecule has 0 atom stereocenters. The summed E-state index contributed by atoms with van der Waals surface area (Å²) in [5, 5.41) is 2.00. The van der Waals surface area contributed by atoms with Crippen molar-refractivity contribution in [2.24, 2.45) is 0 Å². The highest BCUT2D eigenvalue weighted by molar-refractivity contribution is 9.11. The molecule has 114 valence electrons. The molecule has 0 amide bonds. The smallest absolute Gasteiger partial charge is 0.207 e. The van der Waals surface area contributed by atoms with Crippen molar-refractivity contribution in [3.63, 3.8) is 0 Å². The third-order valence-corrected chi connectivity index (χ3v) is 7.76. The summed E-state index contributed by atoms with van der Waals surface area (Å²) < 4.78 is 28.1. The summed E-state index contributed by atoms with van der Waals surface area (Å²) in [4.78, 5) is 1.47. The van der Waals surface area contributed by atoms with Crippen LogP contribution in [0.15, 0.2) is 43.5 Å². The van der Waals surface area contributed by atoms with E-state index in [2.05, 4.69) is 31.9 Å². The van der Waals surface area contributed by atoms with Gasteiger partial charge in [0.05, 0.1) is 4.90 Å². The molecule has 3 nitrogen and oxygen atoms in total. The Hall–Kier alpha value is -0.210. The molecule has 1 aromatic heterocycles. The predicted octanol–water partition coefficient (Wildman–Crippen LogP) is 4.44. The standard InChI is InChI=1S/C14H15Br2NO2S2/c1-10-8-13(16)14(9-12(10)15)21(18,19)17(2)6-5-11-4-3-7-20-11/h3-4,7-9H,5-6H2,1-2H3. The van der Waals surface area contributed by atoms with E-state index in [0.717, 1.165) is 16.5 Å². The fourth-order valence-corrected chi connectivity index (χ4v) is 5.34. The first kappa shape index (κ1) is 17.1. The van der Waals surface area contributed by atoms with E-state index in [9.17, 15) is 8.42 Å². The molecule has 21 heavy (non-hydrogen) atoms. The van der Waals surface area contributed by atoms with Gasteiger partial charge in [-0.25, -0.2) is 12.7 Å². The molecule has 7 heteroatoms. The second kappa shape index (κ2) is 6.91. The van der Waals surface area contributed by atoms with E-state index in [1.807, 2.05) is 30.5 Å². The number of sulfonamides is 1. The van der Waals surface area contributed by atoms with Crippen LogP contribution in [-0.2, 0) is 16.4 Å². The van der Waals surface area contributed by atoms with Crippen molar-refractivity contribution in [1.29, 1.82) is 0 Å². The van der Waals surface area contributed by atoms with Gasteiger partial charge in [-0.1, -0.05) is 22.0 Å². The Morgan fingerprint density at radius 1 is 1.24 bits per heavy atom. The molecule has 0 saturated carbocycles. The first-order chi connectivity index (χ1) is 9.82. The van der Waals surface area contributed by atoms with Crippen molar-refractivity contribution >= 4 is 53.2 Å². The minimum atomic E-state index is -3.50. The van der Waals surface area contributed by atoms with E-state index >= 15 is 0 Å². The van der Waals surface area contributed by atoms with E-state index in [1.165, 1.54) is 9.18 Å². The van der Waals surface area contributed by atoms with Crippen molar-refractivity contribution in [2.45, 2.75) is 18.2 Å². The number of halogens is 2. The lowest BCUT2D eigenvalue weighted by Gasteiger charge is -2.18. The van der Waals surface area contributed by atoms with Gasteiger partial charge in [0.15, 0.2) is 0 Å². The van der Waals surface area contributed by atoms with Crippen LogP contribution < -0.4 is 0 Å². The zero-order chi connectivity index (χ0) is 15.6. The van der Waals surface area contributed by atoms with Crippen LogP contribution in [-0.4, -0.2) is 26.3 Å². The molecule has 0 saturated heterocycles. The average Bonchev–Trinajstić information content (AvgIpc) is 2.93. The maximum absolute atomic E-state index is 12.7. The molecule has 2 rings (SSSR count). The van der Waals surface area contributed by atoms with Gasteiger partial charge in [0.1, 0.15) is 0 Å². The van der Waals surface area contributed by atoms with Crippen molar-refractivity contribution in [2.75, 3.05) is 13.6 Å². The van der Waals surface area contributed by atoms with Gasteiger partial charge in [-0.3, -0.25) is 0 Å². The molecule has 0 unspecified atom stereocenters. The third kappa shape index (κ3) is 3.96. The largest absolute Gasteiger partial charge is 0.243 e. The molecule has 0 fully saturated rings. The monoisotopic (exact) mass is 451 g/mol. The first-order valence-corrected chi connectivity index (χ1v) is 10.2. The van der Waals surface area contributed by atoms with Gasteiger partial charge in [-0.2, -0.15) is 0 Å². The molecule has 1 heterocycles. The second-order valence-corrected chi connectivity index (χ2v) is 9.44. The maximum Gasteiger partial charge on any atom is 0.243 e. The highest BCUT2D eigenvalue weighted by Crippen LogP contribution is 2.30. The minimum Gasteiger partial charge on any atom is -0.207 e. The zero-order valence-corrected chi connectivity index (χ0v) is 16.4. The SMILES string of the molecule is Cc1cc(Br)c(S(=O)(=O)N(C)CCc2cccs2)cc1Br. The van der Waals surface area contributed by atoms with Crippen molar-refractivity contribution < 1.29 is 8.42 Å². The summed E-state index contributed by atoms with van der Waals surface area (Å²) in [7, 11) is -1.89. The van der Waals surface area contributed by atoms with Crippen LogP contribution in [0, 0.1) is 6.92 Å². The van der Waals surface area contributed by atoms with Gasteiger partial charge in [-0.05, 0) is 58.4 Å². The number of thiophene rings is 1. The molecular weight excluding hydrogens is 438 g/mol. The Labute approximate surface area is 146 Å². The van der Waals surface area contributed by atoms with Crippen molar-refractivity contribution in [3.05, 3.63) is 49.0 Å². The average molecular weight is 453 g/mol. The number of aryl methyl sites for hydroxylation is 1. The highest BCUT2D eigenvalue weighted by Gasteiger charge is 2.24. The topological polar surface area (TPSA) is 37.4 Å². The number of hydrogen-bond acceptors (Lipinski definition) is 3. The summed E-state index contributed by atoms with van der Waals surface area (Å²) >= 11 is 8.38. The van der Waals surface area contributed by atoms with E-state index in [1.54, 1.807) is 24.5 Å². The molecule has 0 radical (unpaired) electrons. The van der Waals surface area contributed by atoms with E-state index in [-0.39, 0.29) is 4.90 Å². The Bertz CT molecular complexity index is 728. The quantitative estimate of drug-likeness (QED) is 0.672. The number of hydrogen-bond donors (Lipinski definition) is 0. The van der Waals surface area contributed by atoms with Crippen LogP contribution in [0.5, 0.6) is 0 Å². The van der Waals surface area contributed by atoms with E-state index in [4.69, 9.17) is 0 Å². The molecule has 2 aromatic rings. The highest BCUT2D eigenvalue weighted by atomic mass is 79.9. The lowest BCUT2D eigenvalue weighted by Crippen LogP contribution is -2.29. The molecule has 0 aliphatic carbocycles. The van der Waals surface area contributed by atoms with Crippen molar-refractivity contribution in [3.8, 4) is 0 Å². The fraction of sp³-hybridized carbons (Fsp3) is 0.286. The summed E-state index contributed by atoms with van der Waals surface area (Å²) in [6.45, 7) is 2.38. The van der Waals surface area contributed by atoms with Gasteiger partial charge in [0.25, 0.3) is 0 Å². The third-order valence-electron chi connectivity index (χ3n) is 3.15. The van der Waals surface area contributed by atoms with Crippen LogP contribution in [0.4, 0.5) is 0 Å². The summed E-state index contributed by atoms with van der Waals surface area (Å²) in [6.07, 6.45) is 0.720. The Balaban J connectivity index is 2.22. The zero-order valence-electron chi connectivity index (χ0n) is 11.6. The van der Waals surface area contributed by atoms with Gasteiger partial charge < -0.3 is 0 Å². The van der Waals surface area contributed by atoms with Crippen LogP contribution >= 0.6 is 43.2 Å². The summed E-state index contributed by atoms with van der Waals surface area (Å²) in [5.41, 5.74) is 0.988. The summed E-state index contributed by atoms with van der Waals surface area (Å²) in [5.74, 6) is 0. The molecule has 0 bridgehead atoms. The predicted molar refractivity (Wildman–Crippen MR) is 94.4 cm³/mol. The number of nitrogens with zero attached hydrogens (tertiary/aromatic N) is 1. The van der Waals surface area contributed by atoms with Crippen LogP contribution in [0.1, 0.15) is 10.4 Å². The van der Waals surface area contributed by atoms with Gasteiger partial charge >= 0.3 is 0 Å². The molecule has 0 spiro atoms. The van der Waals surface area contributed by atoms with Crippen LogP contribution in [0.2, 0.25) is 0 Å². The Kier molecular flexibility index (Phi) is 5.65. The Morgan fingerprint density at radius 2 is 1.95 bits per heavy atom. The van der Waals surface area contributed by atoms with Gasteiger partial charge in [0, 0.05) is 27.4 Å². The first-order valence-electron chi connectivity index (χ1n) is 6.26. The van der Waals surface area contributed by atoms with E-state index < -0.39 is 10.0 Å². The molecule has 0 aliphatic heterocycles. The van der Waals surface area contributed by atoms with Crippen LogP contribution in [0.25, 0.3) is 0 Å². The molecule has 1 aromatic carbocycles. The lowest BCUT2D eigenvalue weighted by molar-refractivity contribution is 0.473. The van der Waals surface area contributed by atoms with Gasteiger partial charge in [0.2, 0.25) is 10.0 Å². The maximum atomic E-state index is 12.7. The fourth-order valence-electron chi connectivity index (χ4n) is 1.84. The molecular formula is C14H15Br2NO2S2. The minimum absolute atomic E-state index is 0.286. The number of likely N-dealkylation sites (N-methyl/N-ethyl adjacent to an activating group) is 1. The van der Waals surface area contributed by atoms with E-state index in [0.29, 0.717) is 11.0 Å². The number of rotatable bonds is 5. The Morgan fingerprint density at radius 3 is 2.57 bits per heavy atom. The van der Waals surface area contributed by atoms with Crippen molar-refractivity contribution in [1.82, 2.24) is 4.31 Å². The number of benzene rings is 1. The molecule has 0 N–H and O–H groups in total. The normalized spacial score (nSPS) is 12.0. The second-order valence-electron chi connectivity index (χ2n) is 4.69. The van der Waals surface area contributed by atoms with Crippen LogP contribution in [0.3, 0.4) is 0 Å².